The first-order chi connectivity index (χ1) is 5.77. The minimum atomic E-state index is -0.761. The van der Waals surface area contributed by atoms with Gasteiger partial charge >= 0.3 is 0 Å². The number of nitrogens with zero attached hydrogens (tertiary/aromatic N) is 2. The van der Waals surface area contributed by atoms with Crippen molar-refractivity contribution in [2.24, 2.45) is 0 Å². The Labute approximate surface area is 70.5 Å². The fraction of sp³-hybridized carbons (Fsp3) is 0.250. The van der Waals surface area contributed by atoms with Gasteiger partial charge in [-0.05, 0) is 6.07 Å². The van der Waals surface area contributed by atoms with Crippen LogP contribution in [-0.4, -0.2) is 22.4 Å². The van der Waals surface area contributed by atoms with Crippen LogP contribution in [0.25, 0.3) is 0 Å². The molecule has 0 aliphatic rings. The summed E-state index contributed by atoms with van der Waals surface area (Å²) in [5, 5.41) is 16.6. The van der Waals surface area contributed by atoms with Gasteiger partial charge in [-0.3, -0.25) is 0 Å². The van der Waals surface area contributed by atoms with Gasteiger partial charge in [-0.25, -0.2) is 0 Å². The number of methoxy groups -OCH3 is 1. The van der Waals surface area contributed by atoms with Crippen molar-refractivity contribution in [1.82, 2.24) is 10.2 Å². The second-order valence-electron chi connectivity index (χ2n) is 2.18. The molecule has 0 amide bonds. The minimum absolute atomic E-state index is 0.426. The monoisotopic (exact) mass is 166 g/mol. The lowest BCUT2D eigenvalue weighted by molar-refractivity contribution is 0.222. The summed E-state index contributed by atoms with van der Waals surface area (Å²) in [6.07, 6.45) is 0.625. The zero-order valence-electron chi connectivity index (χ0n) is 6.77. The topological polar surface area (TPSA) is 55.2 Å². The predicted molar refractivity (Wildman–Crippen MR) is 43.7 cm³/mol. The van der Waals surface area contributed by atoms with Crippen LogP contribution in [0.4, 0.5) is 0 Å². The molecule has 0 spiro atoms. The van der Waals surface area contributed by atoms with E-state index in [4.69, 9.17) is 4.74 Å². The smallest absolute Gasteiger partial charge is 0.233 e. The Morgan fingerprint density at radius 2 is 2.33 bits per heavy atom. The van der Waals surface area contributed by atoms with Crippen molar-refractivity contribution < 1.29 is 9.84 Å². The van der Waals surface area contributed by atoms with Gasteiger partial charge in [0.1, 0.15) is 6.10 Å². The summed E-state index contributed by atoms with van der Waals surface area (Å²) < 4.78 is 4.80. The van der Waals surface area contributed by atoms with Gasteiger partial charge in [0.2, 0.25) is 5.88 Å². The summed E-state index contributed by atoms with van der Waals surface area (Å²) >= 11 is 0. The Bertz CT molecular complexity index is 258. The molecule has 0 aliphatic heterocycles. The van der Waals surface area contributed by atoms with E-state index in [0.29, 0.717) is 11.6 Å². The molecule has 1 aromatic heterocycles. The molecule has 64 valence electrons. The maximum atomic E-state index is 9.23. The Hall–Kier alpha value is -1.42. The zero-order chi connectivity index (χ0) is 8.97. The normalized spacial score (nSPS) is 12.2. The second kappa shape index (κ2) is 3.82. The standard InChI is InChI=1S/C8H10N2O2/c1-3-7(11)6-4-5-8(12-2)10-9-6/h3-5,7,11H,1H2,2H3. The van der Waals surface area contributed by atoms with Crippen LogP contribution >= 0.6 is 0 Å². The third-order valence-corrected chi connectivity index (χ3v) is 1.40. The third-order valence-electron chi connectivity index (χ3n) is 1.40. The molecular formula is C8H10N2O2. The summed E-state index contributed by atoms with van der Waals surface area (Å²) in [4.78, 5) is 0. The number of ether oxygens (including phenoxy) is 1. The summed E-state index contributed by atoms with van der Waals surface area (Å²) in [6, 6.07) is 3.27. The van der Waals surface area contributed by atoms with Crippen molar-refractivity contribution in [3.05, 3.63) is 30.5 Å². The van der Waals surface area contributed by atoms with E-state index in [2.05, 4.69) is 16.8 Å². The van der Waals surface area contributed by atoms with Gasteiger partial charge in [0.05, 0.1) is 12.8 Å². The first-order valence-electron chi connectivity index (χ1n) is 3.46. The van der Waals surface area contributed by atoms with E-state index >= 15 is 0 Å². The van der Waals surface area contributed by atoms with Gasteiger partial charge in [-0.15, -0.1) is 16.8 Å². The molecule has 0 saturated heterocycles. The molecule has 1 unspecified atom stereocenters. The lowest BCUT2D eigenvalue weighted by Gasteiger charge is -2.03. The SMILES string of the molecule is C=CC(O)c1ccc(OC)nn1. The van der Waals surface area contributed by atoms with Crippen molar-refractivity contribution in [2.75, 3.05) is 7.11 Å². The molecule has 1 aromatic rings. The number of hydrogen-bond donors (Lipinski definition) is 1. The highest BCUT2D eigenvalue weighted by Crippen LogP contribution is 2.11. The van der Waals surface area contributed by atoms with E-state index in [-0.39, 0.29) is 0 Å². The van der Waals surface area contributed by atoms with Crippen LogP contribution in [0.2, 0.25) is 0 Å². The largest absolute Gasteiger partial charge is 0.480 e. The predicted octanol–water partition coefficient (Wildman–Crippen LogP) is 0.705. The number of aliphatic hydroxyl groups excluding tert-OH is 1. The highest BCUT2D eigenvalue weighted by molar-refractivity contribution is 5.15. The van der Waals surface area contributed by atoms with Gasteiger partial charge in [0, 0.05) is 6.07 Å². The van der Waals surface area contributed by atoms with E-state index in [1.165, 1.54) is 13.2 Å². The van der Waals surface area contributed by atoms with E-state index in [0.717, 1.165) is 0 Å². The highest BCUT2D eigenvalue weighted by atomic mass is 16.5. The number of hydrogen-bond acceptors (Lipinski definition) is 4. The molecular weight excluding hydrogens is 156 g/mol. The van der Waals surface area contributed by atoms with Crippen LogP contribution in [0.5, 0.6) is 5.88 Å². The van der Waals surface area contributed by atoms with Crippen LogP contribution in [-0.2, 0) is 0 Å². The number of aliphatic hydroxyl groups is 1. The van der Waals surface area contributed by atoms with Crippen LogP contribution in [0.1, 0.15) is 11.8 Å². The van der Waals surface area contributed by atoms with E-state index in [1.54, 1.807) is 12.1 Å². The maximum Gasteiger partial charge on any atom is 0.233 e. The van der Waals surface area contributed by atoms with Gasteiger partial charge in [0.15, 0.2) is 0 Å². The van der Waals surface area contributed by atoms with Crippen molar-refractivity contribution in [2.45, 2.75) is 6.10 Å². The molecule has 0 bridgehead atoms. The molecule has 1 N–H and O–H groups in total. The zero-order valence-corrected chi connectivity index (χ0v) is 6.77. The Morgan fingerprint density at radius 3 is 2.75 bits per heavy atom. The molecule has 0 fully saturated rings. The molecule has 0 aliphatic carbocycles. The van der Waals surface area contributed by atoms with Crippen LogP contribution in [0, 0.1) is 0 Å². The lowest BCUT2D eigenvalue weighted by atomic mass is 10.2. The van der Waals surface area contributed by atoms with Gasteiger partial charge < -0.3 is 9.84 Å². The number of rotatable bonds is 3. The minimum Gasteiger partial charge on any atom is -0.480 e. The molecule has 1 rings (SSSR count). The Morgan fingerprint density at radius 1 is 1.58 bits per heavy atom. The maximum absolute atomic E-state index is 9.23. The highest BCUT2D eigenvalue weighted by Gasteiger charge is 2.04. The lowest BCUT2D eigenvalue weighted by Crippen LogP contribution is -1.99. The first kappa shape index (κ1) is 8.67. The van der Waals surface area contributed by atoms with E-state index in [9.17, 15) is 5.11 Å². The van der Waals surface area contributed by atoms with Gasteiger partial charge in [-0.2, -0.15) is 0 Å². The number of aromatic nitrogens is 2. The van der Waals surface area contributed by atoms with Crippen molar-refractivity contribution in [3.8, 4) is 5.88 Å². The molecule has 0 saturated carbocycles. The van der Waals surface area contributed by atoms with Crippen LogP contribution in [0.15, 0.2) is 24.8 Å². The second-order valence-corrected chi connectivity index (χ2v) is 2.18. The first-order valence-corrected chi connectivity index (χ1v) is 3.46. The van der Waals surface area contributed by atoms with Crippen LogP contribution in [0.3, 0.4) is 0 Å². The quantitative estimate of drug-likeness (QED) is 0.672. The Kier molecular flexibility index (Phi) is 2.76. The molecule has 1 atom stereocenters. The Balaban J connectivity index is 2.84. The molecule has 12 heavy (non-hydrogen) atoms. The van der Waals surface area contributed by atoms with Crippen LogP contribution < -0.4 is 4.74 Å². The fourth-order valence-corrected chi connectivity index (χ4v) is 0.718. The molecule has 0 radical (unpaired) electrons. The molecule has 4 nitrogen and oxygen atoms in total. The fourth-order valence-electron chi connectivity index (χ4n) is 0.718. The summed E-state index contributed by atoms with van der Waals surface area (Å²) in [5.74, 6) is 0.426. The van der Waals surface area contributed by atoms with Crippen molar-refractivity contribution in [1.29, 1.82) is 0 Å². The van der Waals surface area contributed by atoms with E-state index < -0.39 is 6.10 Å². The van der Waals surface area contributed by atoms with Crippen molar-refractivity contribution in [3.63, 3.8) is 0 Å². The molecule has 4 heteroatoms. The average Bonchev–Trinajstić information content (AvgIpc) is 2.17. The summed E-state index contributed by atoms with van der Waals surface area (Å²) in [6.45, 7) is 3.43. The van der Waals surface area contributed by atoms with E-state index in [1.807, 2.05) is 0 Å². The van der Waals surface area contributed by atoms with Gasteiger partial charge in [-0.1, -0.05) is 6.08 Å². The average molecular weight is 166 g/mol. The van der Waals surface area contributed by atoms with Gasteiger partial charge in [0.25, 0.3) is 0 Å². The van der Waals surface area contributed by atoms with Crippen molar-refractivity contribution >= 4 is 0 Å². The molecule has 0 aromatic carbocycles. The molecule has 1 heterocycles. The summed E-state index contributed by atoms with van der Waals surface area (Å²) in [5.41, 5.74) is 0.464. The third kappa shape index (κ3) is 1.79. The summed E-state index contributed by atoms with van der Waals surface area (Å²) in [7, 11) is 1.51.